The summed E-state index contributed by atoms with van der Waals surface area (Å²) >= 11 is 0. The summed E-state index contributed by atoms with van der Waals surface area (Å²) in [5, 5.41) is 19.4. The summed E-state index contributed by atoms with van der Waals surface area (Å²) in [6, 6.07) is 12.1. The number of amidine groups is 1. The average Bonchev–Trinajstić information content (AvgIpc) is 2.98. The van der Waals surface area contributed by atoms with Crippen LogP contribution in [0.15, 0.2) is 62.9 Å². The maximum atomic E-state index is 12.5. The molecule has 0 fully saturated rings. The molecule has 168 valence electrons. The minimum Gasteiger partial charge on any atom is -0.351 e. The van der Waals surface area contributed by atoms with Crippen LogP contribution in [0.3, 0.4) is 0 Å². The van der Waals surface area contributed by atoms with Crippen molar-refractivity contribution in [3.63, 3.8) is 0 Å². The third-order valence-corrected chi connectivity index (χ3v) is 5.70. The van der Waals surface area contributed by atoms with E-state index < -0.39 is 20.5 Å². The molecule has 1 N–H and O–H groups in total. The number of nitro groups is 1. The molecule has 0 atom stereocenters. The van der Waals surface area contributed by atoms with Gasteiger partial charge in [-0.05, 0) is 50.6 Å². The molecular weight excluding hydrogens is 434 g/mol. The van der Waals surface area contributed by atoms with E-state index in [4.69, 9.17) is 0 Å². The molecule has 3 rings (SSSR count). The van der Waals surface area contributed by atoms with Crippen LogP contribution in [0.1, 0.15) is 38.3 Å². The number of nitrogens with one attached hydrogen (secondary N) is 1. The highest BCUT2D eigenvalue weighted by molar-refractivity contribution is 7.90. The number of fused-ring (bicyclic) bond motifs is 1. The van der Waals surface area contributed by atoms with Crippen molar-refractivity contribution in [1.82, 2.24) is 10.3 Å². The lowest BCUT2D eigenvalue weighted by atomic mass is 10.1. The van der Waals surface area contributed by atoms with Gasteiger partial charge in [0.1, 0.15) is 4.90 Å². The SMILES string of the molecule is CC(C)(C)NC(=O)CCN(/N=C/c1ccc([N+](=O)[O-])cc1)C1=NS(=O)(=O)c2ccccc21. The maximum Gasteiger partial charge on any atom is 0.285 e. The normalized spacial score (nSPS) is 14.7. The second-order valence-electron chi connectivity index (χ2n) is 8.15. The van der Waals surface area contributed by atoms with Gasteiger partial charge in [-0.3, -0.25) is 14.9 Å². The number of nitrogens with zero attached hydrogens (tertiary/aromatic N) is 4. The van der Waals surface area contributed by atoms with Crippen molar-refractivity contribution in [3.8, 4) is 0 Å². The third kappa shape index (κ3) is 5.55. The van der Waals surface area contributed by atoms with Crippen LogP contribution in [0.4, 0.5) is 5.69 Å². The fourth-order valence-corrected chi connectivity index (χ4v) is 4.21. The predicted molar refractivity (Wildman–Crippen MR) is 120 cm³/mol. The number of sulfonamides is 1. The molecule has 10 nitrogen and oxygen atoms in total. The van der Waals surface area contributed by atoms with Crippen LogP contribution in [0.2, 0.25) is 0 Å². The highest BCUT2D eigenvalue weighted by Crippen LogP contribution is 2.27. The van der Waals surface area contributed by atoms with Crippen molar-refractivity contribution in [1.29, 1.82) is 0 Å². The highest BCUT2D eigenvalue weighted by Gasteiger charge is 2.32. The quantitative estimate of drug-likeness (QED) is 0.403. The number of nitro benzene ring substituents is 1. The first-order valence-electron chi connectivity index (χ1n) is 9.78. The fourth-order valence-electron chi connectivity index (χ4n) is 3.00. The molecule has 0 unspecified atom stereocenters. The first-order valence-corrected chi connectivity index (χ1v) is 11.2. The molecule has 1 aliphatic heterocycles. The Morgan fingerprint density at radius 3 is 2.47 bits per heavy atom. The molecule has 0 aromatic heterocycles. The van der Waals surface area contributed by atoms with Crippen molar-refractivity contribution in [2.75, 3.05) is 6.54 Å². The van der Waals surface area contributed by atoms with Crippen molar-refractivity contribution in [2.24, 2.45) is 9.50 Å². The molecule has 0 aliphatic carbocycles. The number of non-ortho nitro benzene ring substituents is 1. The zero-order chi connectivity index (χ0) is 23.5. The summed E-state index contributed by atoms with van der Waals surface area (Å²) in [6.45, 7) is 5.66. The number of hydrogen-bond acceptors (Lipinski definition) is 7. The van der Waals surface area contributed by atoms with Crippen LogP contribution in [0.5, 0.6) is 0 Å². The van der Waals surface area contributed by atoms with E-state index in [2.05, 4.69) is 14.8 Å². The Bertz CT molecular complexity index is 1200. The molecule has 0 bridgehead atoms. The standard InChI is InChI=1S/C21H23N5O5S/c1-21(2,3)23-19(27)12-13-25(22-14-15-8-10-16(11-9-15)26(28)29)20-17-6-4-5-7-18(17)32(30,31)24-20/h4-11,14H,12-13H2,1-3H3,(H,23,27)/b22-14+. The number of rotatable bonds is 6. The summed E-state index contributed by atoms with van der Waals surface area (Å²) in [6.07, 6.45) is 1.48. The van der Waals surface area contributed by atoms with Gasteiger partial charge in [-0.15, -0.1) is 4.40 Å². The van der Waals surface area contributed by atoms with E-state index in [9.17, 15) is 23.3 Å². The smallest absolute Gasteiger partial charge is 0.285 e. The number of amides is 1. The van der Waals surface area contributed by atoms with Crippen LogP contribution in [0, 0.1) is 10.1 Å². The third-order valence-electron chi connectivity index (χ3n) is 4.37. The van der Waals surface area contributed by atoms with Crippen molar-refractivity contribution >= 4 is 33.7 Å². The first-order chi connectivity index (χ1) is 15.0. The molecule has 32 heavy (non-hydrogen) atoms. The maximum absolute atomic E-state index is 12.5. The van der Waals surface area contributed by atoms with Gasteiger partial charge in [0.15, 0.2) is 5.84 Å². The molecule has 1 amide bonds. The van der Waals surface area contributed by atoms with Crippen LogP contribution >= 0.6 is 0 Å². The van der Waals surface area contributed by atoms with Gasteiger partial charge in [-0.1, -0.05) is 12.1 Å². The van der Waals surface area contributed by atoms with Crippen molar-refractivity contribution in [2.45, 2.75) is 37.6 Å². The number of benzene rings is 2. The van der Waals surface area contributed by atoms with Gasteiger partial charge in [0, 0.05) is 29.7 Å². The summed E-state index contributed by atoms with van der Waals surface area (Å²) in [4.78, 5) is 22.7. The Hall–Kier alpha value is -3.60. The van der Waals surface area contributed by atoms with Crippen molar-refractivity contribution < 1.29 is 18.1 Å². The van der Waals surface area contributed by atoms with E-state index in [0.717, 1.165) is 0 Å². The number of hydrazone groups is 1. The lowest BCUT2D eigenvalue weighted by Crippen LogP contribution is -2.42. The van der Waals surface area contributed by atoms with Crippen LogP contribution < -0.4 is 5.32 Å². The second kappa shape index (κ2) is 8.87. The van der Waals surface area contributed by atoms with Crippen LogP contribution in [-0.2, 0) is 14.8 Å². The zero-order valence-electron chi connectivity index (χ0n) is 17.8. The lowest BCUT2D eigenvalue weighted by molar-refractivity contribution is -0.384. The second-order valence-corrected chi connectivity index (χ2v) is 9.72. The van der Waals surface area contributed by atoms with Gasteiger partial charge in [0.25, 0.3) is 15.7 Å². The summed E-state index contributed by atoms with van der Waals surface area (Å²) in [7, 11) is -3.87. The van der Waals surface area contributed by atoms with Gasteiger partial charge >= 0.3 is 0 Å². The number of carbonyl (C=O) groups excluding carboxylic acids is 1. The number of hydrogen-bond donors (Lipinski definition) is 1. The summed E-state index contributed by atoms with van der Waals surface area (Å²) in [5.74, 6) is -0.106. The fraction of sp³-hybridized carbons (Fsp3) is 0.286. The van der Waals surface area contributed by atoms with Gasteiger partial charge in [0.2, 0.25) is 5.91 Å². The summed E-state index contributed by atoms with van der Waals surface area (Å²) in [5.41, 5.74) is 0.488. The highest BCUT2D eigenvalue weighted by atomic mass is 32.2. The monoisotopic (exact) mass is 457 g/mol. The molecule has 1 aliphatic rings. The van der Waals surface area contributed by atoms with E-state index in [1.54, 1.807) is 18.2 Å². The number of carbonyl (C=O) groups is 1. The van der Waals surface area contributed by atoms with E-state index in [-0.39, 0.29) is 35.3 Å². The van der Waals surface area contributed by atoms with Crippen LogP contribution in [0.25, 0.3) is 0 Å². The largest absolute Gasteiger partial charge is 0.351 e. The Morgan fingerprint density at radius 2 is 1.84 bits per heavy atom. The molecule has 2 aromatic rings. The van der Waals surface area contributed by atoms with Gasteiger partial charge < -0.3 is 5.32 Å². The Balaban J connectivity index is 1.90. The molecule has 0 radical (unpaired) electrons. The van der Waals surface area contributed by atoms with E-state index in [0.29, 0.717) is 11.1 Å². The predicted octanol–water partition coefficient (Wildman–Crippen LogP) is 2.68. The van der Waals surface area contributed by atoms with Crippen molar-refractivity contribution in [3.05, 3.63) is 69.8 Å². The molecule has 0 saturated heterocycles. The molecule has 0 saturated carbocycles. The molecular formula is C21H23N5O5S. The Morgan fingerprint density at radius 1 is 1.19 bits per heavy atom. The minimum absolute atomic E-state index is 0.0517. The minimum atomic E-state index is -3.87. The lowest BCUT2D eigenvalue weighted by Gasteiger charge is -2.22. The summed E-state index contributed by atoms with van der Waals surface area (Å²) < 4.78 is 28.8. The van der Waals surface area contributed by atoms with E-state index >= 15 is 0 Å². The van der Waals surface area contributed by atoms with E-state index in [1.807, 2.05) is 20.8 Å². The van der Waals surface area contributed by atoms with Crippen LogP contribution in [-0.4, -0.2) is 48.4 Å². The Kier molecular flexibility index (Phi) is 6.40. The van der Waals surface area contributed by atoms with Gasteiger partial charge in [0.05, 0.1) is 17.7 Å². The molecule has 1 heterocycles. The topological polar surface area (TPSA) is 134 Å². The zero-order valence-corrected chi connectivity index (χ0v) is 18.7. The first kappa shape index (κ1) is 23.1. The molecule has 11 heteroatoms. The van der Waals surface area contributed by atoms with Gasteiger partial charge in [-0.25, -0.2) is 5.01 Å². The molecule has 2 aromatic carbocycles. The average molecular weight is 458 g/mol. The van der Waals surface area contributed by atoms with Gasteiger partial charge in [-0.2, -0.15) is 13.5 Å². The molecule has 0 spiro atoms. The van der Waals surface area contributed by atoms with E-state index in [1.165, 1.54) is 41.6 Å². The Labute approximate surface area is 185 Å².